The second kappa shape index (κ2) is 9.97. The maximum Gasteiger partial charge on any atom is 0.338 e. The maximum atomic E-state index is 13.0. The first-order valence-corrected chi connectivity index (χ1v) is 11.8. The molecule has 1 heterocycles. The predicted octanol–water partition coefficient (Wildman–Crippen LogP) is 4.22. The summed E-state index contributed by atoms with van der Waals surface area (Å²) in [5.41, 5.74) is 1.86. The third-order valence-corrected chi connectivity index (χ3v) is 6.84. The van der Waals surface area contributed by atoms with Crippen LogP contribution in [-0.4, -0.2) is 41.7 Å². The van der Waals surface area contributed by atoms with Gasteiger partial charge >= 0.3 is 5.97 Å². The molecule has 4 rings (SSSR count). The highest BCUT2D eigenvalue weighted by Gasteiger charge is 2.24. The molecule has 9 heteroatoms. The largest absolute Gasteiger partial charge is 0.465 e. The molecule has 1 aliphatic carbocycles. The molecule has 1 saturated carbocycles. The van der Waals surface area contributed by atoms with Crippen molar-refractivity contribution in [3.63, 3.8) is 0 Å². The molecule has 0 unspecified atom stereocenters. The molecule has 1 aliphatic rings. The number of aromatic nitrogens is 1. The van der Waals surface area contributed by atoms with Crippen LogP contribution in [-0.2, 0) is 9.53 Å². The van der Waals surface area contributed by atoms with Crippen LogP contribution < -0.4 is 10.6 Å². The second-order valence-electron chi connectivity index (χ2n) is 7.15. The molecule has 0 aliphatic heterocycles. The first kappa shape index (κ1) is 22.0. The zero-order valence-corrected chi connectivity index (χ0v) is 18.9. The van der Waals surface area contributed by atoms with E-state index in [9.17, 15) is 14.4 Å². The van der Waals surface area contributed by atoms with Crippen LogP contribution in [0.5, 0.6) is 0 Å². The molecule has 2 N–H and O–H groups in total. The number of hydrogen-bond acceptors (Lipinski definition) is 7. The average molecular weight is 468 g/mol. The summed E-state index contributed by atoms with van der Waals surface area (Å²) in [4.78, 5) is 41.8. The van der Waals surface area contributed by atoms with E-state index in [1.54, 1.807) is 24.3 Å². The van der Waals surface area contributed by atoms with E-state index in [1.807, 2.05) is 30.3 Å². The first-order chi connectivity index (χ1) is 15.5. The molecule has 1 fully saturated rings. The van der Waals surface area contributed by atoms with E-state index in [4.69, 9.17) is 4.74 Å². The van der Waals surface area contributed by atoms with E-state index in [1.165, 1.54) is 30.2 Å². The molecule has 0 atom stereocenters. The number of thiazole rings is 1. The molecule has 0 radical (unpaired) electrons. The zero-order chi connectivity index (χ0) is 22.5. The molecule has 0 saturated heterocycles. The highest BCUT2D eigenvalue weighted by Crippen LogP contribution is 2.38. The van der Waals surface area contributed by atoms with Gasteiger partial charge < -0.3 is 15.4 Å². The first-order valence-electron chi connectivity index (χ1n) is 10.0. The third kappa shape index (κ3) is 5.35. The topological polar surface area (TPSA) is 97.4 Å². The summed E-state index contributed by atoms with van der Waals surface area (Å²) in [5.74, 6) is -0.778. The van der Waals surface area contributed by atoms with Gasteiger partial charge in [-0.2, -0.15) is 0 Å². The summed E-state index contributed by atoms with van der Waals surface area (Å²) in [7, 11) is 1.27. The Balaban J connectivity index is 1.58. The number of nitrogens with zero attached hydrogens (tertiary/aromatic N) is 1. The molecular formula is C23H21N3O4S2. The van der Waals surface area contributed by atoms with Crippen LogP contribution in [0.4, 0.5) is 5.00 Å². The molecule has 164 valence electrons. The number of carbonyl (C=O) groups excluding carboxylic acids is 3. The van der Waals surface area contributed by atoms with Crippen LogP contribution in [0, 0.1) is 0 Å². The minimum absolute atomic E-state index is 0.0217. The summed E-state index contributed by atoms with van der Waals surface area (Å²) < 4.78 is 5.46. The number of hydrogen-bond donors (Lipinski definition) is 2. The van der Waals surface area contributed by atoms with Gasteiger partial charge in [-0.25, -0.2) is 9.78 Å². The fourth-order valence-corrected chi connectivity index (χ4v) is 4.87. The van der Waals surface area contributed by atoms with Crippen molar-refractivity contribution in [2.75, 3.05) is 18.2 Å². The lowest BCUT2D eigenvalue weighted by Gasteiger charge is -2.09. The van der Waals surface area contributed by atoms with Crippen LogP contribution in [0.25, 0.3) is 11.3 Å². The summed E-state index contributed by atoms with van der Waals surface area (Å²) in [5, 5.41) is 6.39. The molecule has 0 bridgehead atoms. The van der Waals surface area contributed by atoms with Crippen molar-refractivity contribution in [1.82, 2.24) is 10.3 Å². The van der Waals surface area contributed by atoms with E-state index in [2.05, 4.69) is 15.6 Å². The normalized spacial score (nSPS) is 12.8. The number of rotatable bonds is 8. The molecule has 7 nitrogen and oxygen atoms in total. The highest BCUT2D eigenvalue weighted by molar-refractivity contribution is 8.01. The zero-order valence-electron chi connectivity index (χ0n) is 17.3. The van der Waals surface area contributed by atoms with Crippen molar-refractivity contribution in [2.24, 2.45) is 0 Å². The van der Waals surface area contributed by atoms with Gasteiger partial charge in [-0.05, 0) is 25.0 Å². The van der Waals surface area contributed by atoms with E-state index < -0.39 is 11.9 Å². The minimum atomic E-state index is -0.582. The Bertz CT molecular complexity index is 1140. The molecule has 0 spiro atoms. The number of carbonyl (C=O) groups is 3. The van der Waals surface area contributed by atoms with E-state index >= 15 is 0 Å². The van der Waals surface area contributed by atoms with Crippen molar-refractivity contribution in [2.45, 2.75) is 23.2 Å². The van der Waals surface area contributed by atoms with Crippen molar-refractivity contribution in [3.8, 4) is 11.3 Å². The van der Waals surface area contributed by atoms with E-state index in [0.717, 1.165) is 18.4 Å². The van der Waals surface area contributed by atoms with Crippen LogP contribution in [0.1, 0.15) is 33.6 Å². The van der Waals surface area contributed by atoms with Gasteiger partial charge in [0.2, 0.25) is 5.91 Å². The van der Waals surface area contributed by atoms with Crippen LogP contribution in [0.3, 0.4) is 0 Å². The molecule has 2 amide bonds. The number of nitrogens with one attached hydrogen (secondary N) is 2. The molecular weight excluding hydrogens is 446 g/mol. The van der Waals surface area contributed by atoms with Gasteiger partial charge in [0.1, 0.15) is 10.7 Å². The number of anilines is 1. The summed E-state index contributed by atoms with van der Waals surface area (Å²) in [6.45, 7) is 0. The fraction of sp³-hybridized carbons (Fsp3) is 0.217. The van der Waals surface area contributed by atoms with Gasteiger partial charge in [0, 0.05) is 11.6 Å². The molecule has 32 heavy (non-hydrogen) atoms. The Kier molecular flexibility index (Phi) is 6.87. The van der Waals surface area contributed by atoms with Crippen LogP contribution in [0.2, 0.25) is 0 Å². The minimum Gasteiger partial charge on any atom is -0.465 e. The Labute approximate surface area is 193 Å². The molecule has 1 aromatic heterocycles. The third-order valence-electron chi connectivity index (χ3n) is 4.73. The average Bonchev–Trinajstić information content (AvgIpc) is 3.55. The van der Waals surface area contributed by atoms with Crippen molar-refractivity contribution in [3.05, 3.63) is 65.7 Å². The lowest BCUT2D eigenvalue weighted by Crippen LogP contribution is -2.26. The van der Waals surface area contributed by atoms with E-state index in [0.29, 0.717) is 21.1 Å². The highest BCUT2D eigenvalue weighted by atomic mass is 32.2. The predicted molar refractivity (Wildman–Crippen MR) is 125 cm³/mol. The number of benzene rings is 2. The summed E-state index contributed by atoms with van der Waals surface area (Å²) in [6, 6.07) is 16.3. The number of thioether (sulfide) groups is 1. The number of ether oxygens (including phenoxy) is 1. The summed E-state index contributed by atoms with van der Waals surface area (Å²) >= 11 is 2.63. The van der Waals surface area contributed by atoms with Crippen LogP contribution in [0.15, 0.2) is 58.9 Å². The second-order valence-corrected chi connectivity index (χ2v) is 9.37. The fourth-order valence-electron chi connectivity index (χ4n) is 3.00. The van der Waals surface area contributed by atoms with Gasteiger partial charge in [0.15, 0.2) is 4.34 Å². The number of methoxy groups -OCH3 is 1. The monoisotopic (exact) mass is 467 g/mol. The standard InChI is InChI=1S/C23H21N3O4S2/c1-30-22(29)17-10-6-5-9-16(17)20(28)26-21-19(14-7-3-2-4-8-14)25-23(32-21)31-13-18(27)24-15-11-12-15/h2-10,15H,11-13H2,1H3,(H,24,27)(H,26,28). The Morgan fingerprint density at radius 2 is 1.75 bits per heavy atom. The lowest BCUT2D eigenvalue weighted by atomic mass is 10.1. The van der Waals surface area contributed by atoms with Crippen molar-refractivity contribution >= 4 is 45.9 Å². The van der Waals surface area contributed by atoms with Gasteiger partial charge in [-0.1, -0.05) is 65.6 Å². The van der Waals surface area contributed by atoms with Crippen molar-refractivity contribution < 1.29 is 19.1 Å². The quantitative estimate of drug-likeness (QED) is 0.380. The Morgan fingerprint density at radius 1 is 1.06 bits per heavy atom. The van der Waals surface area contributed by atoms with E-state index in [-0.39, 0.29) is 22.8 Å². The van der Waals surface area contributed by atoms with Gasteiger partial charge in [-0.15, -0.1) is 0 Å². The number of amides is 2. The molecule has 3 aromatic rings. The molecule has 2 aromatic carbocycles. The number of esters is 1. The van der Waals surface area contributed by atoms with Gasteiger partial charge in [0.25, 0.3) is 5.91 Å². The Morgan fingerprint density at radius 3 is 2.44 bits per heavy atom. The van der Waals surface area contributed by atoms with Crippen molar-refractivity contribution in [1.29, 1.82) is 0 Å². The summed E-state index contributed by atoms with van der Waals surface area (Å²) in [6.07, 6.45) is 2.07. The van der Waals surface area contributed by atoms with Gasteiger partial charge in [-0.3, -0.25) is 9.59 Å². The van der Waals surface area contributed by atoms with Gasteiger partial charge in [0.05, 0.1) is 24.0 Å². The van der Waals surface area contributed by atoms with Crippen LogP contribution >= 0.6 is 23.1 Å². The Hall–Kier alpha value is -3.17. The lowest BCUT2D eigenvalue weighted by molar-refractivity contribution is -0.118. The smallest absolute Gasteiger partial charge is 0.338 e. The SMILES string of the molecule is COC(=O)c1ccccc1C(=O)Nc1sc(SCC(=O)NC2CC2)nc1-c1ccccc1. The maximum absolute atomic E-state index is 13.0.